The number of benzene rings is 2. The molecule has 0 aliphatic carbocycles. The Balaban J connectivity index is 1.85. The molecule has 0 bridgehead atoms. The summed E-state index contributed by atoms with van der Waals surface area (Å²) in [6.07, 6.45) is 1.81. The smallest absolute Gasteiger partial charge is 0.115 e. The monoisotopic (exact) mass is 334 g/mol. The summed E-state index contributed by atoms with van der Waals surface area (Å²) in [5.41, 5.74) is 8.24. The van der Waals surface area contributed by atoms with Gasteiger partial charge in [-0.15, -0.1) is 0 Å². The van der Waals surface area contributed by atoms with Gasteiger partial charge >= 0.3 is 0 Å². The van der Waals surface area contributed by atoms with Crippen molar-refractivity contribution in [3.8, 4) is 5.69 Å². The van der Waals surface area contributed by atoms with Gasteiger partial charge in [-0.2, -0.15) is 0 Å². The third kappa shape index (κ3) is 1.73. The highest BCUT2D eigenvalue weighted by Crippen LogP contribution is 2.34. The molecular formula is C22H14N4. The lowest BCUT2D eigenvalue weighted by Gasteiger charge is -2.06. The summed E-state index contributed by atoms with van der Waals surface area (Å²) in [7, 11) is 0. The Labute approximate surface area is 148 Å². The maximum Gasteiger partial charge on any atom is 0.115 e. The first-order valence-corrected chi connectivity index (χ1v) is 8.62. The fraction of sp³-hybridized carbons (Fsp3) is 0. The summed E-state index contributed by atoms with van der Waals surface area (Å²) in [4.78, 5) is 13.0. The van der Waals surface area contributed by atoms with Crippen LogP contribution in [0, 0.1) is 0 Å². The molecule has 0 aliphatic rings. The van der Waals surface area contributed by atoms with E-state index in [2.05, 4.69) is 69.1 Å². The Hall–Kier alpha value is -3.66. The predicted octanol–water partition coefficient (Wildman–Crippen LogP) is 5.21. The molecule has 0 saturated carbocycles. The molecule has 0 fully saturated rings. The van der Waals surface area contributed by atoms with E-state index in [4.69, 9.17) is 4.98 Å². The molecule has 0 unspecified atom stereocenters. The minimum absolute atomic E-state index is 0.918. The number of rotatable bonds is 1. The Morgan fingerprint density at radius 2 is 1.54 bits per heavy atom. The zero-order chi connectivity index (χ0) is 17.1. The number of hydrogen-bond donors (Lipinski definition) is 1. The van der Waals surface area contributed by atoms with Crippen molar-refractivity contribution in [3.05, 3.63) is 79.0 Å². The zero-order valence-electron chi connectivity index (χ0n) is 13.8. The number of nitrogens with one attached hydrogen (secondary N) is 1. The highest BCUT2D eigenvalue weighted by molar-refractivity contribution is 6.13. The van der Waals surface area contributed by atoms with E-state index < -0.39 is 0 Å². The maximum atomic E-state index is 5.03. The highest BCUT2D eigenvalue weighted by atomic mass is 15.0. The van der Waals surface area contributed by atoms with Gasteiger partial charge in [0.1, 0.15) is 11.0 Å². The van der Waals surface area contributed by atoms with E-state index in [1.54, 1.807) is 0 Å². The van der Waals surface area contributed by atoms with Crippen molar-refractivity contribution in [1.29, 1.82) is 0 Å². The molecule has 1 N–H and O–H groups in total. The average Bonchev–Trinajstić information content (AvgIpc) is 3.22. The first-order chi connectivity index (χ1) is 12.9. The van der Waals surface area contributed by atoms with E-state index in [1.165, 1.54) is 0 Å². The fourth-order valence-corrected chi connectivity index (χ4v) is 3.84. The molecule has 0 amide bonds. The van der Waals surface area contributed by atoms with Crippen LogP contribution in [0.25, 0.3) is 49.7 Å². The standard InChI is InChI=1S/C22H14N4/c1-2-7-14(8-3-1)26-18-11-5-4-9-15(18)20-19(26)13-17-22(25-20)21-16(24-17)10-6-12-23-21/h1-13,24H. The number of aromatic amines is 1. The molecule has 122 valence electrons. The molecule has 0 saturated heterocycles. The van der Waals surface area contributed by atoms with Gasteiger partial charge in [-0.1, -0.05) is 36.4 Å². The second-order valence-electron chi connectivity index (χ2n) is 6.46. The molecule has 4 heterocycles. The third-order valence-corrected chi connectivity index (χ3v) is 4.96. The van der Waals surface area contributed by atoms with E-state index in [0.717, 1.165) is 49.7 Å². The van der Waals surface area contributed by atoms with Gasteiger partial charge in [-0.3, -0.25) is 4.98 Å². The number of aromatic nitrogens is 4. The lowest BCUT2D eigenvalue weighted by molar-refractivity contribution is 1.18. The van der Waals surface area contributed by atoms with Crippen molar-refractivity contribution in [3.63, 3.8) is 0 Å². The van der Waals surface area contributed by atoms with Crippen molar-refractivity contribution in [1.82, 2.24) is 19.5 Å². The second kappa shape index (κ2) is 4.92. The molecule has 0 aliphatic heterocycles. The lowest BCUT2D eigenvalue weighted by Crippen LogP contribution is -1.93. The normalized spacial score (nSPS) is 11.8. The largest absolute Gasteiger partial charge is 0.352 e. The van der Waals surface area contributed by atoms with Gasteiger partial charge in [0.25, 0.3) is 0 Å². The molecule has 4 nitrogen and oxygen atoms in total. The minimum atomic E-state index is 0.918. The summed E-state index contributed by atoms with van der Waals surface area (Å²) >= 11 is 0. The molecule has 2 aromatic carbocycles. The third-order valence-electron chi connectivity index (χ3n) is 4.96. The van der Waals surface area contributed by atoms with Crippen LogP contribution in [0.1, 0.15) is 0 Å². The van der Waals surface area contributed by atoms with Gasteiger partial charge in [0.15, 0.2) is 0 Å². The van der Waals surface area contributed by atoms with E-state index in [-0.39, 0.29) is 0 Å². The number of nitrogens with zero attached hydrogens (tertiary/aromatic N) is 3. The predicted molar refractivity (Wildman–Crippen MR) is 106 cm³/mol. The first-order valence-electron chi connectivity index (χ1n) is 8.62. The van der Waals surface area contributed by atoms with Crippen LogP contribution in [0.3, 0.4) is 0 Å². The Bertz CT molecular complexity index is 1420. The quantitative estimate of drug-likeness (QED) is 0.449. The van der Waals surface area contributed by atoms with Gasteiger partial charge in [-0.05, 0) is 36.4 Å². The maximum absolute atomic E-state index is 5.03. The van der Waals surface area contributed by atoms with Gasteiger partial charge in [0.05, 0.1) is 27.6 Å². The van der Waals surface area contributed by atoms with E-state index in [9.17, 15) is 0 Å². The number of pyridine rings is 2. The van der Waals surface area contributed by atoms with Crippen LogP contribution in [-0.2, 0) is 0 Å². The minimum Gasteiger partial charge on any atom is -0.352 e. The average molecular weight is 334 g/mol. The molecule has 4 aromatic heterocycles. The van der Waals surface area contributed by atoms with Gasteiger partial charge < -0.3 is 9.55 Å². The molecular weight excluding hydrogens is 320 g/mol. The van der Waals surface area contributed by atoms with Crippen molar-refractivity contribution < 1.29 is 0 Å². The Morgan fingerprint density at radius 3 is 2.46 bits per heavy atom. The van der Waals surface area contributed by atoms with Crippen molar-refractivity contribution >= 4 is 44.0 Å². The van der Waals surface area contributed by atoms with Crippen LogP contribution in [-0.4, -0.2) is 19.5 Å². The molecule has 6 rings (SSSR count). The first kappa shape index (κ1) is 13.6. The van der Waals surface area contributed by atoms with Crippen molar-refractivity contribution in [2.45, 2.75) is 0 Å². The second-order valence-corrected chi connectivity index (χ2v) is 6.46. The summed E-state index contributed by atoms with van der Waals surface area (Å²) < 4.78 is 2.27. The number of fused-ring (bicyclic) bond motifs is 6. The van der Waals surface area contributed by atoms with Crippen LogP contribution >= 0.6 is 0 Å². The van der Waals surface area contributed by atoms with E-state index >= 15 is 0 Å². The van der Waals surface area contributed by atoms with Crippen molar-refractivity contribution in [2.24, 2.45) is 0 Å². The van der Waals surface area contributed by atoms with Crippen LogP contribution in [0.4, 0.5) is 0 Å². The van der Waals surface area contributed by atoms with Gasteiger partial charge in [0.2, 0.25) is 0 Å². The topological polar surface area (TPSA) is 46.5 Å². The molecule has 0 atom stereocenters. The fourth-order valence-electron chi connectivity index (χ4n) is 3.84. The van der Waals surface area contributed by atoms with Crippen LogP contribution in [0.5, 0.6) is 0 Å². The van der Waals surface area contributed by atoms with E-state index in [1.807, 2.05) is 24.4 Å². The SMILES string of the molecule is c1ccc(-n2c3ccccc3c3nc4c(cc32)[nH]c2cccnc24)cc1. The van der Waals surface area contributed by atoms with E-state index in [0.29, 0.717) is 0 Å². The highest BCUT2D eigenvalue weighted by Gasteiger charge is 2.16. The molecule has 6 aromatic rings. The lowest BCUT2D eigenvalue weighted by atomic mass is 10.2. The number of H-pyrrole nitrogens is 1. The van der Waals surface area contributed by atoms with Crippen LogP contribution in [0.15, 0.2) is 79.0 Å². The van der Waals surface area contributed by atoms with Gasteiger partial charge in [-0.25, -0.2) is 4.98 Å². The van der Waals surface area contributed by atoms with Gasteiger partial charge in [0, 0.05) is 17.3 Å². The number of para-hydroxylation sites is 2. The molecule has 26 heavy (non-hydrogen) atoms. The molecule has 0 spiro atoms. The Morgan fingerprint density at radius 1 is 0.692 bits per heavy atom. The summed E-state index contributed by atoms with van der Waals surface area (Å²) in [5, 5.41) is 1.15. The Kier molecular flexibility index (Phi) is 2.58. The number of hydrogen-bond acceptors (Lipinski definition) is 2. The summed E-state index contributed by atoms with van der Waals surface area (Å²) in [6, 6.07) is 25.0. The zero-order valence-corrected chi connectivity index (χ0v) is 13.8. The summed E-state index contributed by atoms with van der Waals surface area (Å²) in [5.74, 6) is 0. The summed E-state index contributed by atoms with van der Waals surface area (Å²) in [6.45, 7) is 0. The van der Waals surface area contributed by atoms with Crippen LogP contribution < -0.4 is 0 Å². The van der Waals surface area contributed by atoms with Crippen molar-refractivity contribution in [2.75, 3.05) is 0 Å². The molecule has 4 heteroatoms. The molecule has 0 radical (unpaired) electrons. The van der Waals surface area contributed by atoms with Crippen LogP contribution in [0.2, 0.25) is 0 Å².